The quantitative estimate of drug-likeness (QED) is 0.232. The first kappa shape index (κ1) is 35.4. The van der Waals surface area contributed by atoms with Gasteiger partial charge in [0.05, 0.1) is 12.2 Å². The molecule has 4 fully saturated rings. The van der Waals surface area contributed by atoms with Gasteiger partial charge in [-0.1, -0.05) is 53.4 Å². The number of piperidine rings is 1. The van der Waals surface area contributed by atoms with Crippen LogP contribution >= 0.6 is 0 Å². The van der Waals surface area contributed by atoms with E-state index in [0.717, 1.165) is 57.8 Å². The van der Waals surface area contributed by atoms with Gasteiger partial charge in [0.15, 0.2) is 0 Å². The van der Waals surface area contributed by atoms with Gasteiger partial charge in [-0.25, -0.2) is 4.98 Å². The maximum absolute atomic E-state index is 14.6. The Morgan fingerprint density at radius 1 is 0.917 bits per heavy atom. The van der Waals surface area contributed by atoms with Crippen molar-refractivity contribution in [1.82, 2.24) is 36.1 Å². The number of hydrogen-bond acceptors (Lipinski definition) is 8. The van der Waals surface area contributed by atoms with E-state index in [-0.39, 0.29) is 35.5 Å². The standard InChI is InChI=1S/C35H51N7O6/c1-5-9-24(28(43)33(47)38-22-13-14-22)39-32(46)27-21-12-15-23(18-21)42(27)34(48)29(35(2,3)4)41-31(45)26(20-10-7-6-8-11-20)40-30(44)25-19-36-16-17-37-25/h16-17,19-24,26-27,29H,5-15,18H2,1-4H3,(H,38,47)(H,39,46)(H,40,44)(H,41,45)/t21-,23-,24+,26+,27+,29+/m1/s1. The van der Waals surface area contributed by atoms with Crippen LogP contribution < -0.4 is 21.3 Å². The number of Topliss-reactive ketones (excluding diaryl/α,β-unsaturated/α-hetero) is 1. The van der Waals surface area contributed by atoms with E-state index in [4.69, 9.17) is 0 Å². The van der Waals surface area contributed by atoms with Crippen LogP contribution in [0.2, 0.25) is 0 Å². The lowest BCUT2D eigenvalue weighted by molar-refractivity contribution is -0.149. The van der Waals surface area contributed by atoms with Gasteiger partial charge in [0.25, 0.3) is 11.8 Å². The first-order valence-electron chi connectivity index (χ1n) is 17.7. The average molecular weight is 666 g/mol. The summed E-state index contributed by atoms with van der Waals surface area (Å²) in [6.45, 7) is 7.47. The molecule has 1 saturated heterocycles. The number of hydrogen-bond donors (Lipinski definition) is 4. The van der Waals surface area contributed by atoms with E-state index in [0.29, 0.717) is 19.3 Å². The largest absolute Gasteiger partial charge is 0.347 e. The summed E-state index contributed by atoms with van der Waals surface area (Å²) < 4.78 is 0. The predicted molar refractivity (Wildman–Crippen MR) is 176 cm³/mol. The fourth-order valence-electron chi connectivity index (χ4n) is 7.63. The van der Waals surface area contributed by atoms with Crippen molar-refractivity contribution in [3.63, 3.8) is 0 Å². The van der Waals surface area contributed by atoms with E-state index >= 15 is 0 Å². The molecule has 4 N–H and O–H groups in total. The molecule has 48 heavy (non-hydrogen) atoms. The Hall–Kier alpha value is -3.90. The third kappa shape index (κ3) is 8.20. The topological polar surface area (TPSA) is 180 Å². The number of rotatable bonds is 13. The SMILES string of the molecule is CCC[C@H](NC(=O)[C@@H]1[C@@H]2CC[C@H](C2)N1C(=O)[C@H](NC(=O)[C@@H](NC(=O)c1cnccn1)C1CCCCC1)C(C)(C)C)C(=O)C(=O)NC1CC1. The Balaban J connectivity index is 1.34. The maximum atomic E-state index is 14.6. The lowest BCUT2D eigenvalue weighted by Gasteiger charge is -2.41. The van der Waals surface area contributed by atoms with E-state index < -0.39 is 59.0 Å². The minimum Gasteiger partial charge on any atom is -0.347 e. The van der Waals surface area contributed by atoms with Crippen molar-refractivity contribution >= 4 is 35.3 Å². The maximum Gasteiger partial charge on any atom is 0.289 e. The fraction of sp³-hybridized carbons (Fsp3) is 0.714. The summed E-state index contributed by atoms with van der Waals surface area (Å²) in [5, 5.41) is 11.4. The Morgan fingerprint density at radius 2 is 1.65 bits per heavy atom. The molecule has 262 valence electrons. The second-order valence-corrected chi connectivity index (χ2v) is 15.1. The molecular formula is C35H51N7O6. The number of carbonyl (C=O) groups is 6. The molecule has 2 bridgehead atoms. The van der Waals surface area contributed by atoms with Crippen LogP contribution in [-0.2, 0) is 24.0 Å². The fourth-order valence-corrected chi connectivity index (χ4v) is 7.63. The number of nitrogens with zero attached hydrogens (tertiary/aromatic N) is 3. The van der Waals surface area contributed by atoms with Crippen molar-refractivity contribution < 1.29 is 28.8 Å². The summed E-state index contributed by atoms with van der Waals surface area (Å²) in [5.41, 5.74) is -0.634. The van der Waals surface area contributed by atoms with Gasteiger partial charge in [-0.2, -0.15) is 0 Å². The summed E-state index contributed by atoms with van der Waals surface area (Å²) in [5.74, 6) is -3.33. The van der Waals surface area contributed by atoms with Crippen LogP contribution in [0, 0.1) is 17.3 Å². The number of nitrogens with one attached hydrogen (secondary N) is 4. The molecule has 2 heterocycles. The van der Waals surface area contributed by atoms with Crippen molar-refractivity contribution in [3.05, 3.63) is 24.3 Å². The number of carbonyl (C=O) groups excluding carboxylic acids is 6. The van der Waals surface area contributed by atoms with Crippen LogP contribution in [0.25, 0.3) is 0 Å². The Kier molecular flexibility index (Phi) is 11.1. The van der Waals surface area contributed by atoms with Gasteiger partial charge >= 0.3 is 0 Å². The molecule has 0 radical (unpaired) electrons. The van der Waals surface area contributed by atoms with E-state index in [2.05, 4.69) is 31.2 Å². The lowest BCUT2D eigenvalue weighted by Crippen LogP contribution is -2.64. The molecule has 13 nitrogen and oxygen atoms in total. The van der Waals surface area contributed by atoms with Gasteiger partial charge in [-0.3, -0.25) is 33.8 Å². The molecule has 5 amide bonds. The van der Waals surface area contributed by atoms with Crippen LogP contribution in [-0.4, -0.2) is 86.4 Å². The Bertz CT molecular complexity index is 1370. The van der Waals surface area contributed by atoms with E-state index in [1.165, 1.54) is 18.6 Å². The molecule has 4 aliphatic rings. The predicted octanol–water partition coefficient (Wildman–Crippen LogP) is 2.20. The minimum absolute atomic E-state index is 0.0145. The molecule has 5 rings (SSSR count). The third-order valence-electron chi connectivity index (χ3n) is 10.3. The highest BCUT2D eigenvalue weighted by Crippen LogP contribution is 2.44. The molecule has 0 aromatic carbocycles. The van der Waals surface area contributed by atoms with Crippen LogP contribution in [0.3, 0.4) is 0 Å². The highest BCUT2D eigenvalue weighted by Gasteiger charge is 2.54. The monoisotopic (exact) mass is 665 g/mol. The summed E-state index contributed by atoms with van der Waals surface area (Å²) in [4.78, 5) is 91.0. The van der Waals surface area contributed by atoms with E-state index in [1.54, 1.807) is 4.90 Å². The number of fused-ring (bicyclic) bond motifs is 2. The highest BCUT2D eigenvalue weighted by molar-refractivity contribution is 6.38. The second-order valence-electron chi connectivity index (χ2n) is 15.1. The van der Waals surface area contributed by atoms with Gasteiger partial charge in [0.1, 0.15) is 23.8 Å². The molecular weight excluding hydrogens is 614 g/mol. The summed E-state index contributed by atoms with van der Waals surface area (Å²) in [7, 11) is 0. The molecule has 3 aliphatic carbocycles. The lowest BCUT2D eigenvalue weighted by atomic mass is 9.81. The minimum atomic E-state index is -0.989. The first-order valence-corrected chi connectivity index (χ1v) is 17.7. The van der Waals surface area contributed by atoms with Crippen LogP contribution in [0.4, 0.5) is 0 Å². The normalized spacial score (nSPS) is 24.2. The zero-order chi connectivity index (χ0) is 34.6. The smallest absolute Gasteiger partial charge is 0.289 e. The van der Waals surface area contributed by atoms with Crippen molar-refractivity contribution in [3.8, 4) is 0 Å². The highest BCUT2D eigenvalue weighted by atomic mass is 16.2. The Labute approximate surface area is 282 Å². The number of ketones is 1. The Morgan fingerprint density at radius 3 is 2.27 bits per heavy atom. The first-order chi connectivity index (χ1) is 22.9. The number of aromatic nitrogens is 2. The molecule has 6 atom stereocenters. The number of amides is 5. The summed E-state index contributed by atoms with van der Waals surface area (Å²) >= 11 is 0. The molecule has 13 heteroatoms. The molecule has 1 aromatic rings. The zero-order valence-electron chi connectivity index (χ0n) is 28.6. The summed E-state index contributed by atoms with van der Waals surface area (Å²) in [6.07, 6.45) is 13.4. The average Bonchev–Trinajstić information content (AvgIpc) is 3.64. The molecule has 0 unspecified atom stereocenters. The van der Waals surface area contributed by atoms with Gasteiger partial charge in [0.2, 0.25) is 23.5 Å². The van der Waals surface area contributed by atoms with Crippen molar-refractivity contribution in [2.24, 2.45) is 17.3 Å². The third-order valence-corrected chi connectivity index (χ3v) is 10.3. The molecule has 3 saturated carbocycles. The van der Waals surface area contributed by atoms with Gasteiger partial charge < -0.3 is 26.2 Å². The van der Waals surface area contributed by atoms with Gasteiger partial charge in [-0.15, -0.1) is 0 Å². The van der Waals surface area contributed by atoms with E-state index in [9.17, 15) is 28.8 Å². The van der Waals surface area contributed by atoms with Crippen molar-refractivity contribution in [2.45, 2.75) is 141 Å². The molecule has 1 aromatic heterocycles. The molecule has 0 spiro atoms. The van der Waals surface area contributed by atoms with Gasteiger partial charge in [0, 0.05) is 24.5 Å². The zero-order valence-corrected chi connectivity index (χ0v) is 28.6. The van der Waals surface area contributed by atoms with Gasteiger partial charge in [-0.05, 0) is 68.6 Å². The van der Waals surface area contributed by atoms with Crippen LogP contribution in [0.15, 0.2) is 18.6 Å². The van der Waals surface area contributed by atoms with Crippen molar-refractivity contribution in [2.75, 3.05) is 0 Å². The van der Waals surface area contributed by atoms with Crippen LogP contribution in [0.1, 0.15) is 115 Å². The molecule has 1 aliphatic heterocycles. The van der Waals surface area contributed by atoms with Crippen molar-refractivity contribution in [1.29, 1.82) is 0 Å². The number of likely N-dealkylation sites (tertiary alicyclic amines) is 1. The summed E-state index contributed by atoms with van der Waals surface area (Å²) in [6, 6.07) is -3.83. The van der Waals surface area contributed by atoms with Crippen LogP contribution in [0.5, 0.6) is 0 Å². The van der Waals surface area contributed by atoms with E-state index in [1.807, 2.05) is 27.7 Å². The second kappa shape index (κ2) is 15.1.